The lowest BCUT2D eigenvalue weighted by Gasteiger charge is -2.34. The Bertz CT molecular complexity index is 582. The van der Waals surface area contributed by atoms with Gasteiger partial charge in [-0.3, -0.25) is 4.79 Å². The van der Waals surface area contributed by atoms with Crippen molar-refractivity contribution in [3.8, 4) is 0 Å². The first-order valence-electron chi connectivity index (χ1n) is 7.17. The molecule has 0 aliphatic carbocycles. The number of carbonyl (C=O) groups excluding carboxylic acids is 1. The van der Waals surface area contributed by atoms with E-state index in [0.29, 0.717) is 5.84 Å². The molecule has 6 heteroatoms. The fraction of sp³-hybridized carbons (Fsp3) is 0.500. The Morgan fingerprint density at radius 1 is 1.23 bits per heavy atom. The Morgan fingerprint density at radius 2 is 1.82 bits per heavy atom. The highest BCUT2D eigenvalue weighted by atomic mass is 16.5. The number of benzene rings is 1. The quantitative estimate of drug-likeness (QED) is 0.803. The number of hydroxylamine groups is 2. The molecule has 0 atom stereocenters. The van der Waals surface area contributed by atoms with E-state index < -0.39 is 11.2 Å². The number of amidine groups is 1. The van der Waals surface area contributed by atoms with Gasteiger partial charge in [-0.25, -0.2) is 4.99 Å². The molecule has 1 aromatic rings. The van der Waals surface area contributed by atoms with Crippen molar-refractivity contribution < 1.29 is 14.7 Å². The van der Waals surface area contributed by atoms with Gasteiger partial charge in [0.2, 0.25) is 0 Å². The first-order valence-corrected chi connectivity index (χ1v) is 7.17. The number of ether oxygens (including phenoxy) is 1. The Balaban J connectivity index is 2.48. The Labute approximate surface area is 131 Å². The van der Waals surface area contributed by atoms with Gasteiger partial charge >= 0.3 is 5.97 Å². The molecule has 119 valence electrons. The van der Waals surface area contributed by atoms with Crippen LogP contribution < -0.4 is 4.90 Å². The van der Waals surface area contributed by atoms with Crippen LogP contribution in [0.4, 0.5) is 5.69 Å². The second kappa shape index (κ2) is 5.70. The maximum absolute atomic E-state index is 12.5. The minimum absolute atomic E-state index is 0.00664. The van der Waals surface area contributed by atoms with Crippen LogP contribution in [0.3, 0.4) is 0 Å². The molecule has 0 N–H and O–H groups in total. The van der Waals surface area contributed by atoms with Crippen LogP contribution in [0.2, 0.25) is 0 Å². The summed E-state index contributed by atoms with van der Waals surface area (Å²) in [6.45, 7) is 7.14. The average molecular weight is 304 g/mol. The SMILES string of the molecule is COC(=O)CN(C1=NC(C)(C)N([O])C1(C)C)c1ccccc1. The predicted octanol–water partition coefficient (Wildman–Crippen LogP) is 2.24. The number of hydrogen-bond donors (Lipinski definition) is 0. The molecule has 6 nitrogen and oxygen atoms in total. The third-order valence-corrected chi connectivity index (χ3v) is 3.77. The van der Waals surface area contributed by atoms with Gasteiger partial charge in [0.15, 0.2) is 0 Å². The molecule has 0 unspecified atom stereocenters. The minimum atomic E-state index is -0.873. The van der Waals surface area contributed by atoms with Crippen LogP contribution in [-0.2, 0) is 14.7 Å². The largest absolute Gasteiger partial charge is 0.468 e. The van der Waals surface area contributed by atoms with Crippen molar-refractivity contribution in [2.45, 2.75) is 38.9 Å². The number of rotatable bonds is 3. The minimum Gasteiger partial charge on any atom is -0.468 e. The molecule has 0 amide bonds. The van der Waals surface area contributed by atoms with E-state index in [1.807, 2.05) is 30.3 Å². The smallest absolute Gasteiger partial charge is 0.325 e. The van der Waals surface area contributed by atoms with E-state index in [-0.39, 0.29) is 12.5 Å². The number of hydrogen-bond acceptors (Lipinski definition) is 5. The number of carbonyl (C=O) groups is 1. The maximum Gasteiger partial charge on any atom is 0.325 e. The first kappa shape index (κ1) is 16.5. The molecule has 1 aliphatic rings. The number of para-hydroxylation sites is 1. The standard InChI is InChI=1S/C16H22N3O3/c1-15(2)14(17-16(3,4)19(15)21)18(11-13(20)22-5)12-9-7-6-8-10-12/h6-10H,11H2,1-5H3. The number of methoxy groups -OCH3 is 1. The monoisotopic (exact) mass is 304 g/mol. The molecule has 0 fully saturated rings. The summed E-state index contributed by atoms with van der Waals surface area (Å²) in [5.41, 5.74) is -0.916. The molecule has 1 aromatic carbocycles. The Kier molecular flexibility index (Phi) is 4.26. The predicted molar refractivity (Wildman–Crippen MR) is 83.9 cm³/mol. The second-order valence-electron chi connectivity index (χ2n) is 6.28. The summed E-state index contributed by atoms with van der Waals surface area (Å²) in [7, 11) is 1.34. The molecule has 2 rings (SSSR count). The van der Waals surface area contributed by atoms with Crippen LogP contribution in [0.1, 0.15) is 27.7 Å². The van der Waals surface area contributed by atoms with Crippen LogP contribution in [0.5, 0.6) is 0 Å². The lowest BCUT2D eigenvalue weighted by Crippen LogP contribution is -2.54. The number of esters is 1. The van der Waals surface area contributed by atoms with E-state index in [1.165, 1.54) is 7.11 Å². The fourth-order valence-corrected chi connectivity index (χ4v) is 2.70. The summed E-state index contributed by atoms with van der Waals surface area (Å²) in [6.07, 6.45) is 0. The lowest BCUT2D eigenvalue weighted by atomic mass is 10.0. The van der Waals surface area contributed by atoms with Gasteiger partial charge in [-0.1, -0.05) is 18.2 Å². The summed E-state index contributed by atoms with van der Waals surface area (Å²) in [6, 6.07) is 9.40. The Morgan fingerprint density at radius 3 is 2.27 bits per heavy atom. The summed E-state index contributed by atoms with van der Waals surface area (Å²) < 4.78 is 4.78. The molecule has 1 aliphatic heterocycles. The zero-order chi connectivity index (χ0) is 16.5. The molecular weight excluding hydrogens is 282 g/mol. The highest BCUT2D eigenvalue weighted by molar-refractivity contribution is 6.07. The van der Waals surface area contributed by atoms with Gasteiger partial charge in [0.05, 0.1) is 7.11 Å². The van der Waals surface area contributed by atoms with Crippen LogP contribution in [0.15, 0.2) is 35.3 Å². The average Bonchev–Trinajstić information content (AvgIpc) is 2.65. The summed E-state index contributed by atoms with van der Waals surface area (Å²) >= 11 is 0. The zero-order valence-electron chi connectivity index (χ0n) is 13.7. The topological polar surface area (TPSA) is 65.0 Å². The fourth-order valence-electron chi connectivity index (χ4n) is 2.70. The van der Waals surface area contributed by atoms with Crippen LogP contribution in [-0.4, -0.2) is 41.7 Å². The Hall–Kier alpha value is -1.92. The highest BCUT2D eigenvalue weighted by Crippen LogP contribution is 2.36. The van der Waals surface area contributed by atoms with Gasteiger partial charge in [0.1, 0.15) is 23.6 Å². The van der Waals surface area contributed by atoms with E-state index in [9.17, 15) is 10.0 Å². The first-order chi connectivity index (χ1) is 10.2. The molecule has 0 bridgehead atoms. The second-order valence-corrected chi connectivity index (χ2v) is 6.28. The van der Waals surface area contributed by atoms with Crippen molar-refractivity contribution in [1.29, 1.82) is 0 Å². The molecule has 1 radical (unpaired) electrons. The van der Waals surface area contributed by atoms with E-state index in [0.717, 1.165) is 10.8 Å². The number of anilines is 1. The number of aliphatic imine (C=N–C) groups is 1. The van der Waals surface area contributed by atoms with E-state index in [4.69, 9.17) is 4.74 Å². The van der Waals surface area contributed by atoms with E-state index in [2.05, 4.69) is 4.99 Å². The van der Waals surface area contributed by atoms with Crippen LogP contribution in [0, 0.1) is 0 Å². The summed E-state index contributed by atoms with van der Waals surface area (Å²) in [5, 5.41) is 13.5. The summed E-state index contributed by atoms with van der Waals surface area (Å²) in [5.74, 6) is 0.175. The van der Waals surface area contributed by atoms with Crippen molar-refractivity contribution in [2.24, 2.45) is 4.99 Å². The molecule has 1 heterocycles. The van der Waals surface area contributed by atoms with E-state index >= 15 is 0 Å². The van der Waals surface area contributed by atoms with Crippen molar-refractivity contribution in [3.05, 3.63) is 30.3 Å². The van der Waals surface area contributed by atoms with Gasteiger partial charge in [0, 0.05) is 5.69 Å². The molecule has 0 aromatic heterocycles. The number of nitrogens with zero attached hydrogens (tertiary/aromatic N) is 3. The van der Waals surface area contributed by atoms with Gasteiger partial charge in [0.25, 0.3) is 0 Å². The van der Waals surface area contributed by atoms with Crippen molar-refractivity contribution in [1.82, 2.24) is 5.06 Å². The molecule has 0 saturated heterocycles. The van der Waals surface area contributed by atoms with Gasteiger partial charge in [-0.15, -0.1) is 10.3 Å². The highest BCUT2D eigenvalue weighted by Gasteiger charge is 2.50. The summed E-state index contributed by atoms with van der Waals surface area (Å²) in [4.78, 5) is 18.1. The molecule has 0 spiro atoms. The molecule has 22 heavy (non-hydrogen) atoms. The molecular formula is C16H22N3O3. The van der Waals surface area contributed by atoms with Crippen molar-refractivity contribution >= 4 is 17.5 Å². The third-order valence-electron chi connectivity index (χ3n) is 3.77. The van der Waals surface area contributed by atoms with Crippen molar-refractivity contribution in [2.75, 3.05) is 18.6 Å². The van der Waals surface area contributed by atoms with Crippen LogP contribution in [0.25, 0.3) is 0 Å². The van der Waals surface area contributed by atoms with E-state index in [1.54, 1.807) is 32.6 Å². The lowest BCUT2D eigenvalue weighted by molar-refractivity contribution is -0.241. The zero-order valence-corrected chi connectivity index (χ0v) is 13.7. The van der Waals surface area contributed by atoms with Gasteiger partial charge in [-0.2, -0.15) is 0 Å². The van der Waals surface area contributed by atoms with Gasteiger partial charge in [-0.05, 0) is 39.8 Å². The molecule has 0 saturated carbocycles. The van der Waals surface area contributed by atoms with Crippen molar-refractivity contribution in [3.63, 3.8) is 0 Å². The normalized spacial score (nSPS) is 19.6. The van der Waals surface area contributed by atoms with Gasteiger partial charge < -0.3 is 9.64 Å². The van der Waals surface area contributed by atoms with Crippen LogP contribution >= 0.6 is 0 Å². The maximum atomic E-state index is 12.5. The third kappa shape index (κ3) is 2.84.